The van der Waals surface area contributed by atoms with Crippen LogP contribution in [0.5, 0.6) is 0 Å². The number of amides is 1. The standard InChI is InChI=1S/C20H24N2O3S/c1-3-4-13-26(24,25)22-12-11-16-9-10-17(14-19(16)22)21-20(23)18-8-6-5-7-15(18)2/h5-10,14H,3-4,11-13H2,1-2H3,(H,21,23). The molecule has 0 unspecified atom stereocenters. The Balaban J connectivity index is 1.84. The lowest BCUT2D eigenvalue weighted by Crippen LogP contribution is -2.31. The minimum Gasteiger partial charge on any atom is -0.322 e. The van der Waals surface area contributed by atoms with Gasteiger partial charge in [0, 0.05) is 17.8 Å². The molecule has 3 rings (SSSR count). The molecule has 5 nitrogen and oxygen atoms in total. The Bertz CT molecular complexity index is 922. The van der Waals surface area contributed by atoms with Crippen LogP contribution in [-0.2, 0) is 16.4 Å². The Morgan fingerprint density at radius 2 is 1.96 bits per heavy atom. The van der Waals surface area contributed by atoms with Crippen LogP contribution in [0.25, 0.3) is 0 Å². The number of hydrogen-bond acceptors (Lipinski definition) is 3. The predicted octanol–water partition coefficient (Wildman–Crippen LogP) is 3.74. The number of benzene rings is 2. The Hall–Kier alpha value is -2.34. The average molecular weight is 372 g/mol. The van der Waals surface area contributed by atoms with E-state index in [9.17, 15) is 13.2 Å². The summed E-state index contributed by atoms with van der Waals surface area (Å²) < 4.78 is 26.7. The molecule has 0 aromatic heterocycles. The van der Waals surface area contributed by atoms with Gasteiger partial charge < -0.3 is 5.32 Å². The maximum Gasteiger partial charge on any atom is 0.255 e. The molecule has 2 aromatic rings. The lowest BCUT2D eigenvalue weighted by Gasteiger charge is -2.20. The number of carbonyl (C=O) groups is 1. The zero-order chi connectivity index (χ0) is 18.7. The van der Waals surface area contributed by atoms with Gasteiger partial charge in [-0.3, -0.25) is 9.10 Å². The summed E-state index contributed by atoms with van der Waals surface area (Å²) >= 11 is 0. The van der Waals surface area contributed by atoms with E-state index >= 15 is 0 Å². The topological polar surface area (TPSA) is 66.5 Å². The first kappa shape index (κ1) is 18.5. The van der Waals surface area contributed by atoms with Crippen molar-refractivity contribution in [2.45, 2.75) is 33.1 Å². The number of sulfonamides is 1. The smallest absolute Gasteiger partial charge is 0.255 e. The summed E-state index contributed by atoms with van der Waals surface area (Å²) in [7, 11) is -3.32. The third-order valence-electron chi connectivity index (χ3n) is 4.68. The molecule has 138 valence electrons. The number of carbonyl (C=O) groups excluding carboxylic acids is 1. The van der Waals surface area contributed by atoms with Crippen molar-refractivity contribution < 1.29 is 13.2 Å². The van der Waals surface area contributed by atoms with Gasteiger partial charge in [-0.25, -0.2) is 8.42 Å². The van der Waals surface area contributed by atoms with E-state index in [1.54, 1.807) is 12.1 Å². The highest BCUT2D eigenvalue weighted by Gasteiger charge is 2.29. The molecule has 1 aliphatic heterocycles. The molecule has 0 spiro atoms. The van der Waals surface area contributed by atoms with Gasteiger partial charge in [0.25, 0.3) is 5.91 Å². The molecule has 0 aliphatic carbocycles. The fourth-order valence-electron chi connectivity index (χ4n) is 3.18. The van der Waals surface area contributed by atoms with Crippen molar-refractivity contribution in [3.63, 3.8) is 0 Å². The number of unbranched alkanes of at least 4 members (excludes halogenated alkanes) is 1. The van der Waals surface area contributed by atoms with Crippen molar-refractivity contribution >= 4 is 27.3 Å². The number of rotatable bonds is 6. The van der Waals surface area contributed by atoms with E-state index in [4.69, 9.17) is 0 Å². The van der Waals surface area contributed by atoms with Crippen molar-refractivity contribution in [2.24, 2.45) is 0 Å². The maximum absolute atomic E-state index is 12.6. The largest absolute Gasteiger partial charge is 0.322 e. The minimum absolute atomic E-state index is 0.155. The molecule has 0 radical (unpaired) electrons. The van der Waals surface area contributed by atoms with Crippen LogP contribution in [0.15, 0.2) is 42.5 Å². The number of aryl methyl sites for hydroxylation is 1. The van der Waals surface area contributed by atoms with Crippen LogP contribution in [0, 0.1) is 6.92 Å². The van der Waals surface area contributed by atoms with Crippen molar-refractivity contribution in [1.29, 1.82) is 0 Å². The Morgan fingerprint density at radius 1 is 1.19 bits per heavy atom. The second kappa shape index (κ2) is 7.50. The van der Waals surface area contributed by atoms with Crippen molar-refractivity contribution in [3.8, 4) is 0 Å². The number of nitrogens with one attached hydrogen (secondary N) is 1. The summed E-state index contributed by atoms with van der Waals surface area (Å²) in [6.07, 6.45) is 2.19. The molecule has 1 aliphatic rings. The molecule has 0 fully saturated rings. The van der Waals surface area contributed by atoms with Crippen LogP contribution in [0.1, 0.15) is 41.3 Å². The molecule has 1 N–H and O–H groups in total. The van der Waals surface area contributed by atoms with Gasteiger partial charge in [-0.15, -0.1) is 0 Å². The van der Waals surface area contributed by atoms with E-state index in [0.29, 0.717) is 36.3 Å². The highest BCUT2D eigenvalue weighted by Crippen LogP contribution is 2.33. The lowest BCUT2D eigenvalue weighted by atomic mass is 10.1. The first-order chi connectivity index (χ1) is 12.4. The number of fused-ring (bicyclic) bond motifs is 1. The van der Waals surface area contributed by atoms with Crippen LogP contribution in [0.2, 0.25) is 0 Å². The summed E-state index contributed by atoms with van der Waals surface area (Å²) in [5.74, 6) is -0.0376. The third-order valence-corrected chi connectivity index (χ3v) is 6.53. The molecule has 2 aromatic carbocycles. The van der Waals surface area contributed by atoms with Gasteiger partial charge in [0.15, 0.2) is 0 Å². The fourth-order valence-corrected chi connectivity index (χ4v) is 4.89. The quantitative estimate of drug-likeness (QED) is 0.840. The molecule has 6 heteroatoms. The first-order valence-corrected chi connectivity index (χ1v) is 10.5. The number of hydrogen-bond donors (Lipinski definition) is 1. The van der Waals surface area contributed by atoms with Gasteiger partial charge in [0.1, 0.15) is 0 Å². The fraction of sp³-hybridized carbons (Fsp3) is 0.350. The second-order valence-electron chi connectivity index (χ2n) is 6.60. The van der Waals surface area contributed by atoms with Gasteiger partial charge in [0.05, 0.1) is 11.4 Å². The lowest BCUT2D eigenvalue weighted by molar-refractivity contribution is 0.102. The Labute approximate surface area is 155 Å². The first-order valence-electron chi connectivity index (χ1n) is 8.92. The molecular formula is C20H24N2O3S. The van der Waals surface area contributed by atoms with Crippen LogP contribution in [0.3, 0.4) is 0 Å². The third kappa shape index (κ3) is 3.75. The van der Waals surface area contributed by atoms with E-state index in [1.165, 1.54) is 4.31 Å². The molecule has 1 heterocycles. The van der Waals surface area contributed by atoms with Gasteiger partial charge in [0.2, 0.25) is 10.0 Å². The van der Waals surface area contributed by atoms with Gasteiger partial charge >= 0.3 is 0 Å². The van der Waals surface area contributed by atoms with Crippen LogP contribution in [0.4, 0.5) is 11.4 Å². The monoisotopic (exact) mass is 372 g/mol. The summed E-state index contributed by atoms with van der Waals surface area (Å²) in [6.45, 7) is 4.34. The number of nitrogens with zero attached hydrogens (tertiary/aromatic N) is 1. The second-order valence-corrected chi connectivity index (χ2v) is 8.62. The molecule has 0 atom stereocenters. The molecule has 26 heavy (non-hydrogen) atoms. The zero-order valence-corrected chi connectivity index (χ0v) is 16.0. The van der Waals surface area contributed by atoms with Gasteiger partial charge in [-0.2, -0.15) is 0 Å². The van der Waals surface area contributed by atoms with Crippen molar-refractivity contribution in [3.05, 3.63) is 59.2 Å². The summed E-state index contributed by atoms with van der Waals surface area (Å²) in [6, 6.07) is 12.9. The van der Waals surface area contributed by atoms with Crippen LogP contribution in [-0.4, -0.2) is 26.6 Å². The van der Waals surface area contributed by atoms with E-state index in [1.807, 2.05) is 44.2 Å². The average Bonchev–Trinajstić information content (AvgIpc) is 3.04. The Kier molecular flexibility index (Phi) is 5.32. The molecular weight excluding hydrogens is 348 g/mol. The summed E-state index contributed by atoms with van der Waals surface area (Å²) in [5, 5.41) is 2.88. The molecule has 1 amide bonds. The van der Waals surface area contributed by atoms with Gasteiger partial charge in [-0.05, 0) is 49.1 Å². The van der Waals surface area contributed by atoms with E-state index < -0.39 is 10.0 Å². The van der Waals surface area contributed by atoms with E-state index in [-0.39, 0.29) is 11.7 Å². The molecule has 0 saturated heterocycles. The minimum atomic E-state index is -3.32. The van der Waals surface area contributed by atoms with Crippen molar-refractivity contribution in [1.82, 2.24) is 0 Å². The summed E-state index contributed by atoms with van der Waals surface area (Å²) in [4.78, 5) is 12.5. The normalized spacial score (nSPS) is 13.5. The molecule has 0 saturated carbocycles. The Morgan fingerprint density at radius 3 is 2.69 bits per heavy atom. The predicted molar refractivity (Wildman–Crippen MR) is 105 cm³/mol. The molecule has 0 bridgehead atoms. The summed E-state index contributed by atoms with van der Waals surface area (Å²) in [5.41, 5.74) is 3.80. The van der Waals surface area contributed by atoms with Crippen LogP contribution >= 0.6 is 0 Å². The van der Waals surface area contributed by atoms with Gasteiger partial charge in [-0.1, -0.05) is 37.6 Å². The highest BCUT2D eigenvalue weighted by atomic mass is 32.2. The SMILES string of the molecule is CCCCS(=O)(=O)N1CCc2ccc(NC(=O)c3ccccc3C)cc21. The maximum atomic E-state index is 12.6. The van der Waals surface area contributed by atoms with E-state index in [0.717, 1.165) is 17.5 Å². The van der Waals surface area contributed by atoms with E-state index in [2.05, 4.69) is 5.32 Å². The number of anilines is 2. The highest BCUT2D eigenvalue weighted by molar-refractivity contribution is 7.92. The zero-order valence-electron chi connectivity index (χ0n) is 15.2. The van der Waals surface area contributed by atoms with Crippen molar-refractivity contribution in [2.75, 3.05) is 21.9 Å². The van der Waals surface area contributed by atoms with Crippen LogP contribution < -0.4 is 9.62 Å².